The van der Waals surface area contributed by atoms with Crippen LogP contribution in [0.3, 0.4) is 0 Å². The van der Waals surface area contributed by atoms with Gasteiger partial charge in [-0.05, 0) is 25.0 Å². The molecule has 3 N–H and O–H groups in total. The zero-order valence-electron chi connectivity index (χ0n) is 11.3. The van der Waals surface area contributed by atoms with Gasteiger partial charge < -0.3 is 15.7 Å². The Balaban J connectivity index is 2.69. The van der Waals surface area contributed by atoms with E-state index in [0.29, 0.717) is 5.69 Å². The summed E-state index contributed by atoms with van der Waals surface area (Å²) in [6, 6.07) is 6.09. The first-order valence-corrected chi connectivity index (χ1v) is 6.48. The van der Waals surface area contributed by atoms with Crippen molar-refractivity contribution in [3.8, 4) is 0 Å². The second kappa shape index (κ2) is 7.41. The van der Waals surface area contributed by atoms with Crippen molar-refractivity contribution in [2.75, 3.05) is 5.32 Å². The van der Waals surface area contributed by atoms with Crippen LogP contribution < -0.4 is 10.6 Å². The second-order valence-corrected chi connectivity index (χ2v) is 4.34. The van der Waals surface area contributed by atoms with E-state index < -0.39 is 5.97 Å². The van der Waals surface area contributed by atoms with E-state index in [9.17, 15) is 9.59 Å². The molecule has 1 atom stereocenters. The molecule has 19 heavy (non-hydrogen) atoms. The second-order valence-electron chi connectivity index (χ2n) is 4.34. The fourth-order valence-electron chi connectivity index (χ4n) is 1.85. The minimum Gasteiger partial charge on any atom is -0.478 e. The molecule has 0 fully saturated rings. The summed E-state index contributed by atoms with van der Waals surface area (Å²) in [4.78, 5) is 22.8. The summed E-state index contributed by atoms with van der Waals surface area (Å²) < 4.78 is 0. The molecular weight excluding hydrogens is 244 g/mol. The van der Waals surface area contributed by atoms with Gasteiger partial charge in [0, 0.05) is 6.04 Å². The Morgan fingerprint density at radius 3 is 2.53 bits per heavy atom. The third-order valence-corrected chi connectivity index (χ3v) is 2.87. The number of aromatic carboxylic acids is 1. The molecule has 0 bridgehead atoms. The van der Waals surface area contributed by atoms with Crippen molar-refractivity contribution >= 4 is 17.7 Å². The van der Waals surface area contributed by atoms with Gasteiger partial charge in [-0.25, -0.2) is 9.59 Å². The number of carboxylic acids is 1. The average Bonchev–Trinajstić information content (AvgIpc) is 2.38. The van der Waals surface area contributed by atoms with E-state index in [0.717, 1.165) is 19.3 Å². The smallest absolute Gasteiger partial charge is 0.337 e. The Hall–Kier alpha value is -2.04. The number of urea groups is 1. The molecule has 1 aromatic carbocycles. The first kappa shape index (κ1) is 15.0. The molecule has 0 heterocycles. The lowest BCUT2D eigenvalue weighted by Crippen LogP contribution is -2.37. The molecule has 1 rings (SSSR count). The van der Waals surface area contributed by atoms with Gasteiger partial charge in [-0.3, -0.25) is 0 Å². The third kappa shape index (κ3) is 4.62. The molecule has 1 unspecified atom stereocenters. The van der Waals surface area contributed by atoms with E-state index in [2.05, 4.69) is 17.6 Å². The lowest BCUT2D eigenvalue weighted by atomic mass is 10.1. The van der Waals surface area contributed by atoms with Gasteiger partial charge in [0.25, 0.3) is 0 Å². The highest BCUT2D eigenvalue weighted by Gasteiger charge is 2.13. The molecule has 0 aliphatic rings. The summed E-state index contributed by atoms with van der Waals surface area (Å²) in [5, 5.41) is 14.4. The van der Waals surface area contributed by atoms with Crippen molar-refractivity contribution in [1.29, 1.82) is 0 Å². The number of hydrogen-bond acceptors (Lipinski definition) is 2. The van der Waals surface area contributed by atoms with Crippen LogP contribution in [0.1, 0.15) is 43.5 Å². The average molecular weight is 264 g/mol. The molecule has 5 heteroatoms. The quantitative estimate of drug-likeness (QED) is 0.738. The van der Waals surface area contributed by atoms with Crippen LogP contribution in [0, 0.1) is 0 Å². The van der Waals surface area contributed by atoms with Crippen LogP contribution in [0.2, 0.25) is 0 Å². The van der Waals surface area contributed by atoms with Crippen LogP contribution in [-0.4, -0.2) is 23.1 Å². The maximum absolute atomic E-state index is 11.8. The van der Waals surface area contributed by atoms with Gasteiger partial charge in [-0.1, -0.05) is 32.4 Å². The molecule has 5 nitrogen and oxygen atoms in total. The minimum absolute atomic E-state index is 0.0844. The summed E-state index contributed by atoms with van der Waals surface area (Å²) in [7, 11) is 0. The normalized spacial score (nSPS) is 11.7. The van der Waals surface area contributed by atoms with E-state index in [4.69, 9.17) is 5.11 Å². The highest BCUT2D eigenvalue weighted by molar-refractivity contribution is 5.99. The number of rotatable bonds is 6. The molecular formula is C14H20N2O3. The van der Waals surface area contributed by atoms with Crippen LogP contribution in [0.5, 0.6) is 0 Å². The highest BCUT2D eigenvalue weighted by atomic mass is 16.4. The Kier molecular flexibility index (Phi) is 5.85. The Morgan fingerprint density at radius 2 is 1.95 bits per heavy atom. The van der Waals surface area contributed by atoms with Crippen molar-refractivity contribution in [1.82, 2.24) is 5.32 Å². The fraction of sp³-hybridized carbons (Fsp3) is 0.429. The topological polar surface area (TPSA) is 78.4 Å². The fourth-order valence-corrected chi connectivity index (χ4v) is 1.85. The number of nitrogens with one attached hydrogen (secondary N) is 2. The zero-order valence-corrected chi connectivity index (χ0v) is 11.3. The lowest BCUT2D eigenvalue weighted by Gasteiger charge is -2.17. The van der Waals surface area contributed by atoms with Crippen molar-refractivity contribution < 1.29 is 14.7 Å². The van der Waals surface area contributed by atoms with Gasteiger partial charge >= 0.3 is 12.0 Å². The van der Waals surface area contributed by atoms with Crippen molar-refractivity contribution in [3.05, 3.63) is 29.8 Å². The maximum atomic E-state index is 11.8. The van der Waals surface area contributed by atoms with E-state index in [1.54, 1.807) is 18.2 Å². The van der Waals surface area contributed by atoms with Gasteiger partial charge in [0.1, 0.15) is 0 Å². The number of carboxylic acid groups (broad SMARTS) is 1. The SMILES string of the molecule is CCCC(CC)NC(=O)Nc1ccccc1C(=O)O. The number of amides is 2. The highest BCUT2D eigenvalue weighted by Crippen LogP contribution is 2.14. The first-order chi connectivity index (χ1) is 9.08. The Morgan fingerprint density at radius 1 is 1.26 bits per heavy atom. The summed E-state index contributed by atoms with van der Waals surface area (Å²) in [5.74, 6) is -1.06. The van der Waals surface area contributed by atoms with Crippen molar-refractivity contribution in [3.63, 3.8) is 0 Å². The maximum Gasteiger partial charge on any atom is 0.337 e. The number of carbonyl (C=O) groups excluding carboxylic acids is 1. The molecule has 0 radical (unpaired) electrons. The van der Waals surface area contributed by atoms with E-state index in [1.165, 1.54) is 6.07 Å². The van der Waals surface area contributed by atoms with Crippen LogP contribution in [0.25, 0.3) is 0 Å². The van der Waals surface area contributed by atoms with Gasteiger partial charge in [-0.15, -0.1) is 0 Å². The summed E-state index contributed by atoms with van der Waals surface area (Å²) in [5.41, 5.74) is 0.389. The van der Waals surface area contributed by atoms with Crippen molar-refractivity contribution in [2.45, 2.75) is 39.2 Å². The molecule has 0 saturated carbocycles. The summed E-state index contributed by atoms with van der Waals surface area (Å²) in [6.07, 6.45) is 2.75. The summed E-state index contributed by atoms with van der Waals surface area (Å²) >= 11 is 0. The van der Waals surface area contributed by atoms with Crippen LogP contribution >= 0.6 is 0 Å². The minimum atomic E-state index is -1.06. The monoisotopic (exact) mass is 264 g/mol. The number of para-hydroxylation sites is 1. The number of anilines is 1. The number of carbonyl (C=O) groups is 2. The van der Waals surface area contributed by atoms with Gasteiger partial charge in [0.05, 0.1) is 11.3 Å². The van der Waals surface area contributed by atoms with Crippen LogP contribution in [0.15, 0.2) is 24.3 Å². The van der Waals surface area contributed by atoms with Gasteiger partial charge in [0.2, 0.25) is 0 Å². The van der Waals surface area contributed by atoms with Crippen molar-refractivity contribution in [2.24, 2.45) is 0 Å². The summed E-state index contributed by atoms with van der Waals surface area (Å²) in [6.45, 7) is 4.06. The third-order valence-electron chi connectivity index (χ3n) is 2.87. The first-order valence-electron chi connectivity index (χ1n) is 6.48. The van der Waals surface area contributed by atoms with Gasteiger partial charge in [-0.2, -0.15) is 0 Å². The Labute approximate surface area is 113 Å². The van der Waals surface area contributed by atoms with E-state index in [1.807, 2.05) is 6.92 Å². The predicted octanol–water partition coefficient (Wildman–Crippen LogP) is 3.09. The van der Waals surface area contributed by atoms with Gasteiger partial charge in [0.15, 0.2) is 0 Å². The standard InChI is InChI=1S/C14H20N2O3/c1-3-7-10(4-2)15-14(19)16-12-9-6-5-8-11(12)13(17)18/h5-6,8-10H,3-4,7H2,1-2H3,(H,17,18)(H2,15,16,19). The number of hydrogen-bond donors (Lipinski definition) is 3. The molecule has 0 spiro atoms. The largest absolute Gasteiger partial charge is 0.478 e. The Bertz CT molecular complexity index is 446. The van der Waals surface area contributed by atoms with Crippen LogP contribution in [0.4, 0.5) is 10.5 Å². The molecule has 1 aromatic rings. The molecule has 0 saturated heterocycles. The molecule has 0 aliphatic carbocycles. The lowest BCUT2D eigenvalue weighted by molar-refractivity contribution is 0.0698. The van der Waals surface area contributed by atoms with E-state index in [-0.39, 0.29) is 17.6 Å². The zero-order chi connectivity index (χ0) is 14.3. The molecule has 0 aliphatic heterocycles. The van der Waals surface area contributed by atoms with Crippen LogP contribution in [-0.2, 0) is 0 Å². The molecule has 104 valence electrons. The molecule has 0 aromatic heterocycles. The number of benzene rings is 1. The predicted molar refractivity (Wildman–Crippen MR) is 74.5 cm³/mol. The molecule has 2 amide bonds. The van der Waals surface area contributed by atoms with E-state index >= 15 is 0 Å².